The van der Waals surface area contributed by atoms with Gasteiger partial charge in [-0.3, -0.25) is 10.5 Å². The van der Waals surface area contributed by atoms with E-state index in [0.717, 1.165) is 44.9 Å². The molecule has 0 bridgehead atoms. The molecule has 1 atom stereocenters. The highest BCUT2D eigenvalue weighted by Gasteiger charge is 2.22. The van der Waals surface area contributed by atoms with Crippen molar-refractivity contribution in [3.63, 3.8) is 0 Å². The SMILES string of the molecule is CC/C=C\C/C=C\C/C=C\CCCCCCCC(=O)C(C)(N)O. The van der Waals surface area contributed by atoms with Crippen LogP contribution in [0, 0.1) is 0 Å². The van der Waals surface area contributed by atoms with Gasteiger partial charge in [-0.1, -0.05) is 62.6 Å². The average Bonchev–Trinajstić information content (AvgIpc) is 2.50. The second-order valence-electron chi connectivity index (χ2n) is 6.17. The highest BCUT2D eigenvalue weighted by molar-refractivity contribution is 5.85. The van der Waals surface area contributed by atoms with Crippen LogP contribution in [-0.2, 0) is 4.79 Å². The van der Waals surface area contributed by atoms with E-state index in [4.69, 9.17) is 5.73 Å². The normalized spacial score (nSPS) is 15.0. The first-order chi connectivity index (χ1) is 11.0. The molecule has 0 aliphatic rings. The monoisotopic (exact) mass is 321 g/mol. The minimum atomic E-state index is -1.66. The summed E-state index contributed by atoms with van der Waals surface area (Å²) in [6.07, 6.45) is 23.3. The van der Waals surface area contributed by atoms with Gasteiger partial charge in [0.2, 0.25) is 0 Å². The number of hydrogen-bond donors (Lipinski definition) is 2. The highest BCUT2D eigenvalue weighted by Crippen LogP contribution is 2.10. The number of allylic oxidation sites excluding steroid dienone is 6. The summed E-state index contributed by atoms with van der Waals surface area (Å²) in [5, 5.41) is 9.31. The van der Waals surface area contributed by atoms with Gasteiger partial charge in [0, 0.05) is 6.42 Å². The molecule has 1 unspecified atom stereocenters. The Morgan fingerprint density at radius 2 is 1.43 bits per heavy atom. The molecular weight excluding hydrogens is 286 g/mol. The molecule has 0 aliphatic heterocycles. The van der Waals surface area contributed by atoms with Gasteiger partial charge in [-0.25, -0.2) is 0 Å². The Labute approximate surface area is 142 Å². The van der Waals surface area contributed by atoms with Gasteiger partial charge in [0.15, 0.2) is 11.5 Å². The maximum Gasteiger partial charge on any atom is 0.178 e. The van der Waals surface area contributed by atoms with E-state index in [0.29, 0.717) is 6.42 Å². The molecule has 0 aromatic rings. The van der Waals surface area contributed by atoms with Crippen molar-refractivity contribution in [2.75, 3.05) is 0 Å². The van der Waals surface area contributed by atoms with Crippen LogP contribution in [0.2, 0.25) is 0 Å². The zero-order chi connectivity index (χ0) is 17.4. The van der Waals surface area contributed by atoms with Crippen LogP contribution in [0.25, 0.3) is 0 Å². The van der Waals surface area contributed by atoms with Gasteiger partial charge in [0.1, 0.15) is 0 Å². The molecule has 0 radical (unpaired) electrons. The second kappa shape index (κ2) is 14.4. The number of Topliss-reactive ketones (excluding diaryl/α,β-unsaturated/α-hetero) is 1. The zero-order valence-corrected chi connectivity index (χ0v) is 15.0. The van der Waals surface area contributed by atoms with Gasteiger partial charge in [0.25, 0.3) is 0 Å². The Morgan fingerprint density at radius 3 is 2.04 bits per heavy atom. The maximum atomic E-state index is 11.4. The summed E-state index contributed by atoms with van der Waals surface area (Å²) in [6, 6.07) is 0. The zero-order valence-electron chi connectivity index (χ0n) is 15.0. The standard InChI is InChI=1S/C20H35NO2/c1-3-4-5-6-7-8-9-10-11-12-13-14-15-16-17-18-19(22)20(2,21)23/h4-5,7-8,10-11,23H,3,6,9,12-18,21H2,1-2H3/b5-4-,8-7-,11-10-. The van der Waals surface area contributed by atoms with E-state index in [1.54, 1.807) is 0 Å². The van der Waals surface area contributed by atoms with Crippen molar-refractivity contribution in [2.45, 2.75) is 83.8 Å². The lowest BCUT2D eigenvalue weighted by atomic mass is 10.0. The van der Waals surface area contributed by atoms with Crippen molar-refractivity contribution in [1.29, 1.82) is 0 Å². The Bertz CT molecular complexity index is 376. The van der Waals surface area contributed by atoms with Crippen molar-refractivity contribution in [2.24, 2.45) is 5.73 Å². The third kappa shape index (κ3) is 15.5. The molecule has 132 valence electrons. The second-order valence-corrected chi connectivity index (χ2v) is 6.17. The molecule has 0 aliphatic carbocycles. The van der Waals surface area contributed by atoms with Crippen molar-refractivity contribution in [3.05, 3.63) is 36.5 Å². The fourth-order valence-electron chi connectivity index (χ4n) is 2.16. The van der Waals surface area contributed by atoms with Crippen molar-refractivity contribution < 1.29 is 9.90 Å². The number of unbranched alkanes of at least 4 members (excludes halogenated alkanes) is 5. The molecule has 0 saturated carbocycles. The molecule has 0 rings (SSSR count). The van der Waals surface area contributed by atoms with Crippen molar-refractivity contribution in [1.82, 2.24) is 0 Å². The third-order valence-electron chi connectivity index (χ3n) is 3.62. The van der Waals surface area contributed by atoms with E-state index >= 15 is 0 Å². The number of nitrogens with two attached hydrogens (primary N) is 1. The highest BCUT2D eigenvalue weighted by atomic mass is 16.3. The number of hydrogen-bond acceptors (Lipinski definition) is 3. The lowest BCUT2D eigenvalue weighted by Crippen LogP contribution is -2.44. The quantitative estimate of drug-likeness (QED) is 0.274. The fourth-order valence-corrected chi connectivity index (χ4v) is 2.16. The van der Waals surface area contributed by atoms with Crippen molar-refractivity contribution >= 4 is 5.78 Å². The minimum absolute atomic E-state index is 0.265. The lowest BCUT2D eigenvalue weighted by molar-refractivity contribution is -0.135. The Hall–Kier alpha value is -1.19. The Balaban J connectivity index is 3.38. The van der Waals surface area contributed by atoms with E-state index in [-0.39, 0.29) is 5.78 Å². The van der Waals surface area contributed by atoms with Crippen LogP contribution in [0.3, 0.4) is 0 Å². The predicted octanol–water partition coefficient (Wildman–Crippen LogP) is 4.81. The van der Waals surface area contributed by atoms with Gasteiger partial charge in [0.05, 0.1) is 0 Å². The Kier molecular flexibility index (Phi) is 13.7. The first kappa shape index (κ1) is 21.8. The molecule has 0 heterocycles. The molecule has 0 aromatic heterocycles. The van der Waals surface area contributed by atoms with E-state index in [1.165, 1.54) is 19.8 Å². The van der Waals surface area contributed by atoms with Crippen LogP contribution in [0.1, 0.15) is 78.1 Å². The molecule has 0 saturated heterocycles. The summed E-state index contributed by atoms with van der Waals surface area (Å²) in [5.41, 5.74) is 3.67. The molecule has 3 heteroatoms. The van der Waals surface area contributed by atoms with Gasteiger partial charge < -0.3 is 5.11 Å². The number of ketones is 1. The van der Waals surface area contributed by atoms with E-state index in [9.17, 15) is 9.90 Å². The van der Waals surface area contributed by atoms with Crippen LogP contribution in [0.15, 0.2) is 36.5 Å². The lowest BCUT2D eigenvalue weighted by Gasteiger charge is -2.14. The largest absolute Gasteiger partial charge is 0.369 e. The van der Waals surface area contributed by atoms with Crippen LogP contribution >= 0.6 is 0 Å². The van der Waals surface area contributed by atoms with Gasteiger partial charge in [-0.15, -0.1) is 0 Å². The maximum absolute atomic E-state index is 11.4. The molecule has 0 amide bonds. The van der Waals surface area contributed by atoms with E-state index in [1.807, 2.05) is 0 Å². The first-order valence-electron chi connectivity index (χ1n) is 8.98. The molecule has 0 fully saturated rings. The molecule has 23 heavy (non-hydrogen) atoms. The number of carbonyl (C=O) groups is 1. The van der Waals surface area contributed by atoms with Gasteiger partial charge in [-0.05, 0) is 45.4 Å². The molecule has 0 aromatic carbocycles. The van der Waals surface area contributed by atoms with Gasteiger partial charge in [-0.2, -0.15) is 0 Å². The average molecular weight is 322 g/mol. The molecule has 3 N–H and O–H groups in total. The number of carbonyl (C=O) groups excluding carboxylic acids is 1. The molecular formula is C20H35NO2. The van der Waals surface area contributed by atoms with E-state index in [2.05, 4.69) is 43.4 Å². The summed E-state index contributed by atoms with van der Waals surface area (Å²) >= 11 is 0. The van der Waals surface area contributed by atoms with Crippen LogP contribution < -0.4 is 5.73 Å². The summed E-state index contributed by atoms with van der Waals surface area (Å²) in [7, 11) is 0. The van der Waals surface area contributed by atoms with Crippen LogP contribution in [-0.4, -0.2) is 16.6 Å². The third-order valence-corrected chi connectivity index (χ3v) is 3.62. The fraction of sp³-hybridized carbons (Fsp3) is 0.650. The summed E-state index contributed by atoms with van der Waals surface area (Å²) < 4.78 is 0. The van der Waals surface area contributed by atoms with Crippen LogP contribution in [0.4, 0.5) is 0 Å². The smallest absolute Gasteiger partial charge is 0.178 e. The first-order valence-corrected chi connectivity index (χ1v) is 8.98. The number of rotatable bonds is 14. The summed E-state index contributed by atoms with van der Waals surface area (Å²) in [4.78, 5) is 11.4. The van der Waals surface area contributed by atoms with E-state index < -0.39 is 5.72 Å². The topological polar surface area (TPSA) is 63.3 Å². The Morgan fingerprint density at radius 1 is 0.913 bits per heavy atom. The van der Waals surface area contributed by atoms with Crippen LogP contribution in [0.5, 0.6) is 0 Å². The molecule has 3 nitrogen and oxygen atoms in total. The predicted molar refractivity (Wildman–Crippen MR) is 99.1 cm³/mol. The molecule has 0 spiro atoms. The summed E-state index contributed by atoms with van der Waals surface area (Å²) in [5.74, 6) is -0.265. The van der Waals surface area contributed by atoms with Crippen molar-refractivity contribution in [3.8, 4) is 0 Å². The summed E-state index contributed by atoms with van der Waals surface area (Å²) in [6.45, 7) is 3.49. The number of aliphatic hydroxyl groups is 1. The minimum Gasteiger partial charge on any atom is -0.369 e. The van der Waals surface area contributed by atoms with Gasteiger partial charge >= 0.3 is 0 Å².